The van der Waals surface area contributed by atoms with E-state index in [2.05, 4.69) is 32.7 Å². The number of nitrogens with one attached hydrogen (secondary N) is 1. The third kappa shape index (κ3) is 7.14. The zero-order chi connectivity index (χ0) is 10.8. The van der Waals surface area contributed by atoms with E-state index in [9.17, 15) is 0 Å². The molecule has 14 heavy (non-hydrogen) atoms. The lowest BCUT2D eigenvalue weighted by Crippen LogP contribution is -2.33. The number of hydrogen-bond donors (Lipinski definition) is 1. The Morgan fingerprint density at radius 1 is 1.21 bits per heavy atom. The van der Waals surface area contributed by atoms with Gasteiger partial charge >= 0.3 is 0 Å². The molecule has 84 valence electrons. The van der Waals surface area contributed by atoms with Crippen molar-refractivity contribution in [1.29, 1.82) is 0 Å². The van der Waals surface area contributed by atoms with E-state index in [4.69, 9.17) is 0 Å². The third-order valence-corrected chi connectivity index (χ3v) is 2.69. The maximum Gasteiger partial charge on any atom is 0.00899 e. The molecule has 0 radical (unpaired) electrons. The molecule has 0 aromatic heterocycles. The largest absolute Gasteiger partial charge is 0.314 e. The molecule has 0 saturated heterocycles. The van der Waals surface area contributed by atoms with E-state index in [-0.39, 0.29) is 0 Å². The van der Waals surface area contributed by atoms with Gasteiger partial charge in [0.25, 0.3) is 0 Å². The Labute approximate surface area is 90.0 Å². The van der Waals surface area contributed by atoms with Crippen LogP contribution in [-0.2, 0) is 0 Å². The van der Waals surface area contributed by atoms with Crippen molar-refractivity contribution in [2.45, 2.75) is 58.9 Å². The molecule has 1 heteroatoms. The van der Waals surface area contributed by atoms with Crippen LogP contribution in [-0.4, -0.2) is 12.6 Å². The van der Waals surface area contributed by atoms with Crippen molar-refractivity contribution >= 4 is 0 Å². The maximum atomic E-state index is 3.74. The number of hydrogen-bond acceptors (Lipinski definition) is 1. The first-order valence-electron chi connectivity index (χ1n) is 6.06. The van der Waals surface area contributed by atoms with E-state index in [0.29, 0.717) is 6.04 Å². The Kier molecular flexibility index (Phi) is 9.06. The molecular weight excluding hydrogens is 170 g/mol. The fourth-order valence-corrected chi connectivity index (χ4v) is 1.76. The molecule has 1 unspecified atom stereocenters. The van der Waals surface area contributed by atoms with Gasteiger partial charge in [0, 0.05) is 6.04 Å². The summed E-state index contributed by atoms with van der Waals surface area (Å²) >= 11 is 0. The fourth-order valence-electron chi connectivity index (χ4n) is 1.76. The van der Waals surface area contributed by atoms with E-state index >= 15 is 0 Å². The maximum absolute atomic E-state index is 3.74. The molecule has 1 atom stereocenters. The van der Waals surface area contributed by atoms with Crippen molar-refractivity contribution in [2.24, 2.45) is 5.92 Å². The van der Waals surface area contributed by atoms with Crippen molar-refractivity contribution in [3.63, 3.8) is 0 Å². The highest BCUT2D eigenvalue weighted by atomic mass is 14.9. The van der Waals surface area contributed by atoms with Gasteiger partial charge in [0.1, 0.15) is 0 Å². The molecule has 0 aromatic rings. The highest BCUT2D eigenvalue weighted by Gasteiger charge is 2.10. The van der Waals surface area contributed by atoms with Gasteiger partial charge in [-0.3, -0.25) is 0 Å². The van der Waals surface area contributed by atoms with Crippen LogP contribution in [0.15, 0.2) is 12.7 Å². The Morgan fingerprint density at radius 3 is 2.43 bits per heavy atom. The van der Waals surface area contributed by atoms with Gasteiger partial charge in [-0.05, 0) is 31.7 Å². The Morgan fingerprint density at radius 2 is 1.93 bits per heavy atom. The van der Waals surface area contributed by atoms with Gasteiger partial charge in [0.15, 0.2) is 0 Å². The van der Waals surface area contributed by atoms with Crippen LogP contribution in [0.5, 0.6) is 0 Å². The van der Waals surface area contributed by atoms with Crippen LogP contribution >= 0.6 is 0 Å². The van der Waals surface area contributed by atoms with E-state index < -0.39 is 0 Å². The minimum absolute atomic E-state index is 0.712. The lowest BCUT2D eigenvalue weighted by atomic mass is 9.97. The van der Waals surface area contributed by atoms with Crippen molar-refractivity contribution in [2.75, 3.05) is 6.54 Å². The Bertz CT molecular complexity index is 129. The van der Waals surface area contributed by atoms with Crippen LogP contribution < -0.4 is 5.32 Å². The minimum atomic E-state index is 0.712. The summed E-state index contributed by atoms with van der Waals surface area (Å²) in [4.78, 5) is 0. The van der Waals surface area contributed by atoms with Gasteiger partial charge < -0.3 is 5.32 Å². The van der Waals surface area contributed by atoms with Crippen molar-refractivity contribution in [1.82, 2.24) is 5.32 Å². The molecule has 0 amide bonds. The topological polar surface area (TPSA) is 12.0 Å². The highest BCUT2D eigenvalue weighted by molar-refractivity contribution is 4.70. The minimum Gasteiger partial charge on any atom is -0.314 e. The lowest BCUT2D eigenvalue weighted by molar-refractivity contribution is 0.372. The first-order chi connectivity index (χ1) is 6.72. The van der Waals surface area contributed by atoms with Gasteiger partial charge in [0.2, 0.25) is 0 Å². The van der Waals surface area contributed by atoms with Gasteiger partial charge in [-0.25, -0.2) is 0 Å². The van der Waals surface area contributed by atoms with E-state index in [1.165, 1.54) is 32.1 Å². The van der Waals surface area contributed by atoms with Crippen molar-refractivity contribution in [3.8, 4) is 0 Å². The van der Waals surface area contributed by atoms with Gasteiger partial charge in [0.05, 0.1) is 0 Å². The van der Waals surface area contributed by atoms with Gasteiger partial charge in [-0.2, -0.15) is 0 Å². The standard InChI is InChI=1S/C13H27N/c1-5-7-8-9-10-11-13(12(3)4)14-6-2/h5,12-14H,1,6-11H2,2-4H3. The number of rotatable bonds is 9. The van der Waals surface area contributed by atoms with Gasteiger partial charge in [-0.1, -0.05) is 39.7 Å². The summed E-state index contributed by atoms with van der Waals surface area (Å²) in [7, 11) is 0. The molecule has 0 aliphatic heterocycles. The summed E-state index contributed by atoms with van der Waals surface area (Å²) < 4.78 is 0. The first-order valence-corrected chi connectivity index (χ1v) is 6.06. The number of allylic oxidation sites excluding steroid dienone is 1. The molecule has 0 aromatic carbocycles. The smallest absolute Gasteiger partial charge is 0.00899 e. The molecule has 0 bridgehead atoms. The molecule has 0 saturated carbocycles. The molecule has 0 aliphatic rings. The molecule has 1 nitrogen and oxygen atoms in total. The molecule has 1 N–H and O–H groups in total. The monoisotopic (exact) mass is 197 g/mol. The average Bonchev–Trinajstić information content (AvgIpc) is 2.15. The molecule has 0 heterocycles. The molecule has 0 spiro atoms. The second-order valence-electron chi connectivity index (χ2n) is 4.33. The van der Waals surface area contributed by atoms with Crippen molar-refractivity contribution < 1.29 is 0 Å². The molecule has 0 aliphatic carbocycles. The summed E-state index contributed by atoms with van der Waals surface area (Å²) in [5.41, 5.74) is 0. The quantitative estimate of drug-likeness (QED) is 0.438. The fraction of sp³-hybridized carbons (Fsp3) is 0.846. The van der Waals surface area contributed by atoms with Crippen molar-refractivity contribution in [3.05, 3.63) is 12.7 Å². The van der Waals surface area contributed by atoms with Crippen LogP contribution in [0.25, 0.3) is 0 Å². The van der Waals surface area contributed by atoms with Crippen LogP contribution in [0.4, 0.5) is 0 Å². The molecule has 0 rings (SSSR count). The Balaban J connectivity index is 3.45. The summed E-state index contributed by atoms with van der Waals surface area (Å²) in [5, 5.41) is 3.55. The van der Waals surface area contributed by atoms with Crippen LogP contribution in [0.3, 0.4) is 0 Å². The summed E-state index contributed by atoms with van der Waals surface area (Å²) in [6.07, 6.45) is 8.52. The normalized spacial score (nSPS) is 13.1. The predicted molar refractivity (Wildman–Crippen MR) is 65.6 cm³/mol. The second-order valence-corrected chi connectivity index (χ2v) is 4.33. The van der Waals surface area contributed by atoms with Crippen LogP contribution in [0.1, 0.15) is 52.9 Å². The van der Waals surface area contributed by atoms with Crippen LogP contribution in [0.2, 0.25) is 0 Å². The van der Waals surface area contributed by atoms with E-state index in [0.717, 1.165) is 12.5 Å². The Hall–Kier alpha value is -0.300. The van der Waals surface area contributed by atoms with E-state index in [1.54, 1.807) is 0 Å². The molecule has 0 fully saturated rings. The zero-order valence-electron chi connectivity index (χ0n) is 10.2. The first kappa shape index (κ1) is 13.7. The summed E-state index contributed by atoms with van der Waals surface area (Å²) in [6.45, 7) is 11.6. The highest BCUT2D eigenvalue weighted by Crippen LogP contribution is 2.11. The summed E-state index contributed by atoms with van der Waals surface area (Å²) in [6, 6.07) is 0.712. The lowest BCUT2D eigenvalue weighted by Gasteiger charge is -2.21. The second kappa shape index (κ2) is 9.26. The van der Waals surface area contributed by atoms with Gasteiger partial charge in [-0.15, -0.1) is 6.58 Å². The zero-order valence-corrected chi connectivity index (χ0v) is 10.2. The number of unbranched alkanes of at least 4 members (excludes halogenated alkanes) is 3. The SMILES string of the molecule is C=CCCCCCC(NCC)C(C)C. The average molecular weight is 197 g/mol. The molecular formula is C13H27N. The van der Waals surface area contributed by atoms with E-state index in [1.807, 2.05) is 6.08 Å². The van der Waals surface area contributed by atoms with Crippen LogP contribution in [0, 0.1) is 5.92 Å². The third-order valence-electron chi connectivity index (χ3n) is 2.69. The summed E-state index contributed by atoms with van der Waals surface area (Å²) in [5.74, 6) is 0.759. The predicted octanol–water partition coefficient (Wildman–Crippen LogP) is 3.76.